The summed E-state index contributed by atoms with van der Waals surface area (Å²) in [4.78, 5) is 2.30. The van der Waals surface area contributed by atoms with Crippen molar-refractivity contribution in [2.75, 3.05) is 4.90 Å². The predicted molar refractivity (Wildman–Crippen MR) is 193 cm³/mol. The van der Waals surface area contributed by atoms with Crippen LogP contribution in [-0.2, 0) is 0 Å². The van der Waals surface area contributed by atoms with Crippen molar-refractivity contribution in [1.82, 2.24) is 0 Å². The SMILES string of the molecule is Cc1ccc2c(c1)B1c3cc(C)ccc3Oc3c1c(cc1c3oc3cc(N(c4ccccc4)c4ccccc4)c4ccccc4c31)O2. The lowest BCUT2D eigenvalue weighted by molar-refractivity contribution is 0.462. The number of aryl methyl sites for hydroxylation is 2. The van der Waals surface area contributed by atoms with Gasteiger partial charge in [0, 0.05) is 39.1 Å². The summed E-state index contributed by atoms with van der Waals surface area (Å²) >= 11 is 0. The van der Waals surface area contributed by atoms with Crippen molar-refractivity contribution in [3.05, 3.63) is 145 Å². The van der Waals surface area contributed by atoms with Crippen molar-refractivity contribution in [1.29, 1.82) is 0 Å². The Labute approximate surface area is 272 Å². The summed E-state index contributed by atoms with van der Waals surface area (Å²) in [7, 11) is 0. The van der Waals surface area contributed by atoms with Crippen LogP contribution in [0.4, 0.5) is 17.1 Å². The second kappa shape index (κ2) is 9.78. The van der Waals surface area contributed by atoms with E-state index in [0.717, 1.165) is 89.2 Å². The Balaban J connectivity index is 1.29. The molecule has 0 spiro atoms. The molecule has 7 aromatic carbocycles. The molecular formula is C42H28BNO3. The van der Waals surface area contributed by atoms with Crippen LogP contribution in [0.3, 0.4) is 0 Å². The lowest BCUT2D eigenvalue weighted by Crippen LogP contribution is -2.57. The van der Waals surface area contributed by atoms with E-state index >= 15 is 0 Å². The molecule has 0 aliphatic carbocycles. The van der Waals surface area contributed by atoms with Crippen molar-refractivity contribution in [3.8, 4) is 23.0 Å². The number of anilines is 3. The molecule has 0 radical (unpaired) electrons. The van der Waals surface area contributed by atoms with Crippen molar-refractivity contribution in [2.45, 2.75) is 13.8 Å². The minimum Gasteiger partial charge on any atom is -0.458 e. The summed E-state index contributed by atoms with van der Waals surface area (Å²) in [6, 6.07) is 46.8. The van der Waals surface area contributed by atoms with Crippen molar-refractivity contribution in [3.63, 3.8) is 0 Å². The molecule has 0 unspecified atom stereocenters. The van der Waals surface area contributed by atoms with E-state index in [-0.39, 0.29) is 6.71 Å². The van der Waals surface area contributed by atoms with Gasteiger partial charge in [-0.3, -0.25) is 0 Å². The van der Waals surface area contributed by atoms with Crippen molar-refractivity contribution in [2.24, 2.45) is 0 Å². The molecule has 2 aliphatic rings. The molecule has 47 heavy (non-hydrogen) atoms. The van der Waals surface area contributed by atoms with Gasteiger partial charge in [-0.25, -0.2) is 0 Å². The van der Waals surface area contributed by atoms with Gasteiger partial charge < -0.3 is 18.8 Å². The summed E-state index contributed by atoms with van der Waals surface area (Å²) in [6.07, 6.45) is 0. The largest absolute Gasteiger partial charge is 0.458 e. The van der Waals surface area contributed by atoms with Crippen molar-refractivity contribution < 1.29 is 13.9 Å². The van der Waals surface area contributed by atoms with E-state index in [9.17, 15) is 0 Å². The monoisotopic (exact) mass is 605 g/mol. The minimum atomic E-state index is -0.0242. The van der Waals surface area contributed by atoms with E-state index in [1.54, 1.807) is 0 Å². The molecule has 0 N–H and O–H groups in total. The molecular weight excluding hydrogens is 577 g/mol. The minimum absolute atomic E-state index is 0.0242. The normalized spacial score (nSPS) is 12.8. The second-order valence-corrected chi connectivity index (χ2v) is 12.6. The molecule has 4 nitrogen and oxygen atoms in total. The molecule has 8 aromatic rings. The first-order valence-electron chi connectivity index (χ1n) is 16.0. The van der Waals surface area contributed by atoms with Gasteiger partial charge in [0.05, 0.1) is 5.69 Å². The quantitative estimate of drug-likeness (QED) is 0.188. The summed E-state index contributed by atoms with van der Waals surface area (Å²) in [5, 5.41) is 4.26. The average molecular weight is 606 g/mol. The zero-order valence-corrected chi connectivity index (χ0v) is 26.0. The van der Waals surface area contributed by atoms with Gasteiger partial charge in [-0.15, -0.1) is 0 Å². The highest BCUT2D eigenvalue weighted by molar-refractivity contribution is 6.98. The van der Waals surface area contributed by atoms with Gasteiger partial charge in [0.25, 0.3) is 6.71 Å². The van der Waals surface area contributed by atoms with Crippen LogP contribution in [0, 0.1) is 13.8 Å². The first-order chi connectivity index (χ1) is 23.1. The number of hydrogen-bond donors (Lipinski definition) is 0. The molecule has 1 aromatic heterocycles. The number of benzene rings is 7. The number of furan rings is 1. The Morgan fingerprint density at radius 3 is 1.79 bits per heavy atom. The third-order valence-corrected chi connectivity index (χ3v) is 9.65. The number of nitrogens with zero attached hydrogens (tertiary/aromatic N) is 1. The van der Waals surface area contributed by atoms with Crippen LogP contribution in [0.5, 0.6) is 23.0 Å². The molecule has 0 fully saturated rings. The van der Waals surface area contributed by atoms with Crippen LogP contribution in [0.15, 0.2) is 138 Å². The summed E-state index contributed by atoms with van der Waals surface area (Å²) < 4.78 is 20.5. The van der Waals surface area contributed by atoms with Gasteiger partial charge in [0.2, 0.25) is 0 Å². The fraction of sp³-hybridized carbons (Fsp3) is 0.0476. The second-order valence-electron chi connectivity index (χ2n) is 12.6. The molecule has 3 heterocycles. The van der Waals surface area contributed by atoms with Crippen LogP contribution >= 0.6 is 0 Å². The maximum atomic E-state index is 6.94. The van der Waals surface area contributed by atoms with E-state index in [2.05, 4.69) is 152 Å². The van der Waals surface area contributed by atoms with Crippen LogP contribution in [0.2, 0.25) is 0 Å². The Morgan fingerprint density at radius 1 is 0.532 bits per heavy atom. The molecule has 0 saturated carbocycles. The van der Waals surface area contributed by atoms with Gasteiger partial charge in [-0.05, 0) is 72.6 Å². The van der Waals surface area contributed by atoms with Crippen LogP contribution < -0.4 is 30.8 Å². The maximum absolute atomic E-state index is 6.94. The topological polar surface area (TPSA) is 34.8 Å². The van der Waals surface area contributed by atoms with E-state index < -0.39 is 0 Å². The predicted octanol–water partition coefficient (Wildman–Crippen LogP) is 9.55. The van der Waals surface area contributed by atoms with E-state index in [1.165, 1.54) is 11.1 Å². The Hall–Kier alpha value is -5.94. The van der Waals surface area contributed by atoms with Gasteiger partial charge in [0.15, 0.2) is 11.3 Å². The molecule has 0 bridgehead atoms. The standard InChI is InChI=1S/C42H28BNO3/c1-25-17-19-35-32(21-25)43-33-22-26(2)18-20-36(33)46-42-40(43)38(45-35)23-31-39-30-16-10-9-15-29(30)34(24-37(39)47-41(31)42)44(27-11-5-3-6-12-27)28-13-7-4-8-14-28/h3-24H,1-2H3. The van der Waals surface area contributed by atoms with E-state index in [0.29, 0.717) is 0 Å². The smallest absolute Gasteiger partial charge is 0.260 e. The zero-order valence-electron chi connectivity index (χ0n) is 26.0. The van der Waals surface area contributed by atoms with Crippen LogP contribution in [0.1, 0.15) is 11.1 Å². The number of para-hydroxylation sites is 2. The highest BCUT2D eigenvalue weighted by Crippen LogP contribution is 2.48. The van der Waals surface area contributed by atoms with Gasteiger partial charge in [-0.2, -0.15) is 0 Å². The lowest BCUT2D eigenvalue weighted by atomic mass is 9.34. The fourth-order valence-corrected chi connectivity index (χ4v) is 7.62. The summed E-state index contributed by atoms with van der Waals surface area (Å²) in [6.45, 7) is 4.24. The zero-order chi connectivity index (χ0) is 31.2. The highest BCUT2D eigenvalue weighted by Gasteiger charge is 2.42. The molecule has 5 heteroatoms. The molecule has 0 atom stereocenters. The van der Waals surface area contributed by atoms with Crippen molar-refractivity contribution >= 4 is 72.9 Å². The van der Waals surface area contributed by atoms with Gasteiger partial charge in [-0.1, -0.05) is 96.1 Å². The number of fused-ring (bicyclic) bond motifs is 10. The Morgan fingerprint density at radius 2 is 1.13 bits per heavy atom. The van der Waals surface area contributed by atoms with Crippen LogP contribution in [0.25, 0.3) is 32.7 Å². The summed E-state index contributed by atoms with van der Waals surface area (Å²) in [5.74, 6) is 3.28. The average Bonchev–Trinajstić information content (AvgIpc) is 3.48. The molecule has 0 saturated heterocycles. The summed E-state index contributed by atoms with van der Waals surface area (Å²) in [5.41, 5.74) is 10.4. The lowest BCUT2D eigenvalue weighted by Gasteiger charge is -2.33. The van der Waals surface area contributed by atoms with E-state index in [4.69, 9.17) is 13.9 Å². The molecule has 2 aliphatic heterocycles. The first kappa shape index (κ1) is 26.3. The fourth-order valence-electron chi connectivity index (χ4n) is 7.62. The first-order valence-corrected chi connectivity index (χ1v) is 16.0. The number of rotatable bonds is 3. The Bertz CT molecular complexity index is 2500. The molecule has 10 rings (SSSR count). The highest BCUT2D eigenvalue weighted by atomic mass is 16.5. The van der Waals surface area contributed by atoms with E-state index in [1.807, 2.05) is 0 Å². The number of ether oxygens (including phenoxy) is 2. The third-order valence-electron chi connectivity index (χ3n) is 9.65. The molecule has 0 amide bonds. The number of hydrogen-bond acceptors (Lipinski definition) is 4. The Kier molecular flexibility index (Phi) is 5.47. The maximum Gasteiger partial charge on any atom is 0.260 e. The van der Waals surface area contributed by atoms with Gasteiger partial charge >= 0.3 is 0 Å². The van der Waals surface area contributed by atoms with Crippen LogP contribution in [-0.4, -0.2) is 6.71 Å². The third kappa shape index (κ3) is 3.83. The van der Waals surface area contributed by atoms with Gasteiger partial charge in [0.1, 0.15) is 22.8 Å². The molecule has 222 valence electrons.